The number of aromatic nitrogens is 3. The van der Waals surface area contributed by atoms with Gasteiger partial charge < -0.3 is 26.8 Å². The van der Waals surface area contributed by atoms with Gasteiger partial charge in [0.1, 0.15) is 11.6 Å². The number of hydrogen-bond acceptors (Lipinski definition) is 9. The maximum atomic E-state index is 12.4. The number of amides is 4. The van der Waals surface area contributed by atoms with Crippen LogP contribution in [0.5, 0.6) is 0 Å². The molecule has 4 amide bonds. The fourth-order valence-electron chi connectivity index (χ4n) is 4.99. The molecule has 14 heteroatoms. The molecule has 0 aromatic carbocycles. The van der Waals surface area contributed by atoms with E-state index in [0.717, 1.165) is 0 Å². The van der Waals surface area contributed by atoms with E-state index in [0.29, 0.717) is 76.8 Å². The van der Waals surface area contributed by atoms with E-state index >= 15 is 0 Å². The number of Topliss-reactive ketones (excluding diaryl/α,β-unsaturated/α-hetero) is 2. The van der Waals surface area contributed by atoms with Gasteiger partial charge in [-0.2, -0.15) is 0 Å². The van der Waals surface area contributed by atoms with Crippen LogP contribution in [0.2, 0.25) is 0 Å². The molecular weight excluding hydrogens is 618 g/mol. The number of nitrogens with one attached hydrogen (secondary N) is 2. The SMILES string of the molecule is CCC(=O)C(CCCCNC(=O)CCC(C)(C)OCC(C)(C)n1cc(CCC(=O)NCCCCC(C(N)=O)C(=O)C(C)C)nn1)C(N)=O. The van der Waals surface area contributed by atoms with Gasteiger partial charge in [-0.25, -0.2) is 4.68 Å². The summed E-state index contributed by atoms with van der Waals surface area (Å²) in [6.45, 7) is 14.2. The zero-order valence-electron chi connectivity index (χ0n) is 30.1. The predicted molar refractivity (Wildman–Crippen MR) is 181 cm³/mol. The minimum absolute atomic E-state index is 0.0955. The average molecular weight is 678 g/mol. The molecule has 2 atom stereocenters. The van der Waals surface area contributed by atoms with Crippen LogP contribution in [0.25, 0.3) is 0 Å². The third-order valence-corrected chi connectivity index (χ3v) is 8.36. The van der Waals surface area contributed by atoms with Crippen molar-refractivity contribution in [3.8, 4) is 0 Å². The number of nitrogens with two attached hydrogens (primary N) is 2. The lowest BCUT2D eigenvalue weighted by molar-refractivity contribution is -0.135. The van der Waals surface area contributed by atoms with Crippen LogP contribution in [0.1, 0.15) is 118 Å². The molecule has 6 N–H and O–H groups in total. The van der Waals surface area contributed by atoms with Crippen LogP contribution in [0.3, 0.4) is 0 Å². The Morgan fingerprint density at radius 3 is 1.92 bits per heavy atom. The maximum Gasteiger partial charge on any atom is 0.228 e. The van der Waals surface area contributed by atoms with Crippen molar-refractivity contribution < 1.29 is 33.5 Å². The summed E-state index contributed by atoms with van der Waals surface area (Å²) in [5.41, 5.74) is 10.3. The van der Waals surface area contributed by atoms with Crippen molar-refractivity contribution in [1.82, 2.24) is 25.6 Å². The molecule has 0 radical (unpaired) electrons. The van der Waals surface area contributed by atoms with Gasteiger partial charge in [-0.15, -0.1) is 5.10 Å². The monoisotopic (exact) mass is 677 g/mol. The first kappa shape index (κ1) is 42.3. The van der Waals surface area contributed by atoms with Crippen molar-refractivity contribution in [2.75, 3.05) is 19.7 Å². The molecule has 1 aromatic rings. The molecular formula is C34H59N7O7. The normalized spacial score (nSPS) is 13.2. The molecule has 1 heterocycles. The molecule has 0 bridgehead atoms. The van der Waals surface area contributed by atoms with Crippen LogP contribution in [-0.2, 0) is 45.5 Å². The molecule has 0 saturated carbocycles. The van der Waals surface area contributed by atoms with E-state index in [2.05, 4.69) is 20.9 Å². The molecule has 0 saturated heterocycles. The summed E-state index contributed by atoms with van der Waals surface area (Å²) in [7, 11) is 0. The summed E-state index contributed by atoms with van der Waals surface area (Å²) >= 11 is 0. The number of unbranched alkanes of at least 4 members (excludes halogenated alkanes) is 2. The number of hydrogen-bond donors (Lipinski definition) is 4. The molecule has 1 rings (SSSR count). The molecule has 0 aliphatic rings. The Kier molecular flexibility index (Phi) is 18.2. The summed E-state index contributed by atoms with van der Waals surface area (Å²) < 4.78 is 7.91. The van der Waals surface area contributed by atoms with E-state index in [1.807, 2.05) is 27.7 Å². The van der Waals surface area contributed by atoms with Gasteiger partial charge in [0.15, 0.2) is 0 Å². The lowest BCUT2D eigenvalue weighted by Crippen LogP contribution is -2.38. The molecule has 0 spiro atoms. The predicted octanol–water partition coefficient (Wildman–Crippen LogP) is 2.50. The first-order valence-corrected chi connectivity index (χ1v) is 17.1. The number of carbonyl (C=O) groups is 6. The average Bonchev–Trinajstić information content (AvgIpc) is 3.51. The number of ketones is 2. The Bertz CT molecular complexity index is 1230. The van der Waals surface area contributed by atoms with Crippen molar-refractivity contribution >= 4 is 35.2 Å². The van der Waals surface area contributed by atoms with E-state index in [1.54, 1.807) is 31.6 Å². The van der Waals surface area contributed by atoms with Crippen LogP contribution < -0.4 is 22.1 Å². The summed E-state index contributed by atoms with van der Waals surface area (Å²) in [6, 6.07) is 0. The first-order valence-electron chi connectivity index (χ1n) is 17.1. The van der Waals surface area contributed by atoms with Crippen molar-refractivity contribution in [1.29, 1.82) is 0 Å². The van der Waals surface area contributed by atoms with Crippen LogP contribution in [0.15, 0.2) is 6.20 Å². The molecule has 14 nitrogen and oxygen atoms in total. The lowest BCUT2D eigenvalue weighted by atomic mass is 9.90. The third-order valence-electron chi connectivity index (χ3n) is 8.36. The van der Waals surface area contributed by atoms with Crippen LogP contribution >= 0.6 is 0 Å². The number of carbonyl (C=O) groups excluding carboxylic acids is 6. The highest BCUT2D eigenvalue weighted by atomic mass is 16.5. The summed E-state index contributed by atoms with van der Waals surface area (Å²) in [6.07, 6.45) is 6.80. The molecule has 272 valence electrons. The molecule has 2 unspecified atom stereocenters. The van der Waals surface area contributed by atoms with Gasteiger partial charge in [0, 0.05) is 50.9 Å². The molecule has 1 aromatic heterocycles. The van der Waals surface area contributed by atoms with Crippen molar-refractivity contribution in [2.24, 2.45) is 29.2 Å². The number of aryl methyl sites for hydroxylation is 1. The van der Waals surface area contributed by atoms with Gasteiger partial charge in [0.2, 0.25) is 23.6 Å². The van der Waals surface area contributed by atoms with Gasteiger partial charge in [0.25, 0.3) is 0 Å². The number of ether oxygens (including phenoxy) is 1. The minimum atomic E-state index is -0.783. The number of nitrogens with zero attached hydrogens (tertiary/aromatic N) is 3. The minimum Gasteiger partial charge on any atom is -0.373 e. The topological polar surface area (TPSA) is 218 Å². The second-order valence-electron chi connectivity index (χ2n) is 14.0. The van der Waals surface area contributed by atoms with Gasteiger partial charge >= 0.3 is 0 Å². The van der Waals surface area contributed by atoms with Gasteiger partial charge in [-0.05, 0) is 59.8 Å². The quantitative estimate of drug-likeness (QED) is 0.0835. The van der Waals surface area contributed by atoms with E-state index in [9.17, 15) is 28.8 Å². The zero-order valence-corrected chi connectivity index (χ0v) is 30.1. The fraction of sp³-hybridized carbons (Fsp3) is 0.765. The lowest BCUT2D eigenvalue weighted by Gasteiger charge is -2.31. The second kappa shape index (κ2) is 20.6. The molecule has 0 aliphatic carbocycles. The van der Waals surface area contributed by atoms with Crippen molar-refractivity contribution in [3.63, 3.8) is 0 Å². The van der Waals surface area contributed by atoms with Crippen LogP contribution in [0.4, 0.5) is 0 Å². The maximum absolute atomic E-state index is 12.4. The Labute approximate surface area is 285 Å². The largest absolute Gasteiger partial charge is 0.373 e. The summed E-state index contributed by atoms with van der Waals surface area (Å²) in [5, 5.41) is 14.2. The van der Waals surface area contributed by atoms with E-state index < -0.39 is 34.8 Å². The Morgan fingerprint density at radius 2 is 1.40 bits per heavy atom. The van der Waals surface area contributed by atoms with Crippen molar-refractivity contribution in [3.05, 3.63) is 11.9 Å². The number of primary amides is 2. The highest BCUT2D eigenvalue weighted by molar-refractivity contribution is 6.01. The van der Waals surface area contributed by atoms with Crippen molar-refractivity contribution in [2.45, 2.75) is 130 Å². The van der Waals surface area contributed by atoms with E-state index in [-0.39, 0.29) is 48.6 Å². The number of rotatable bonds is 26. The molecule has 48 heavy (non-hydrogen) atoms. The van der Waals surface area contributed by atoms with Gasteiger partial charge in [0.05, 0.1) is 35.3 Å². The van der Waals surface area contributed by atoms with Gasteiger partial charge in [-0.3, -0.25) is 28.8 Å². The second-order valence-corrected chi connectivity index (χ2v) is 14.0. The fourth-order valence-corrected chi connectivity index (χ4v) is 4.99. The Hall–Kier alpha value is -3.68. The Balaban J connectivity index is 2.38. The summed E-state index contributed by atoms with van der Waals surface area (Å²) in [4.78, 5) is 71.8. The first-order chi connectivity index (χ1) is 22.4. The smallest absolute Gasteiger partial charge is 0.228 e. The zero-order chi connectivity index (χ0) is 36.5. The van der Waals surface area contributed by atoms with Gasteiger partial charge in [-0.1, -0.05) is 38.8 Å². The van der Waals surface area contributed by atoms with E-state index in [4.69, 9.17) is 16.2 Å². The molecule has 0 aliphatic heterocycles. The standard InChI is InChI=1S/C34H59N7O7/c1-8-27(42)25(31(35)46)13-9-11-20-38-29(44)17-18-34(6,7)48-22-33(4,5)41-21-24(39-40-41)15-16-28(43)37-19-12-10-14-26(32(36)47)30(45)23(2)3/h21,23,25-26H,8-20,22H2,1-7H3,(H2,35,46)(H2,36,47)(H,37,43)(H,38,44). The van der Waals surface area contributed by atoms with Crippen LogP contribution in [-0.4, -0.2) is 75.5 Å². The Morgan fingerprint density at radius 1 is 0.854 bits per heavy atom. The van der Waals surface area contributed by atoms with E-state index in [1.165, 1.54) is 0 Å². The van der Waals surface area contributed by atoms with Crippen LogP contribution in [0, 0.1) is 17.8 Å². The third kappa shape index (κ3) is 15.9. The summed E-state index contributed by atoms with van der Waals surface area (Å²) in [5.74, 6) is -3.51. The highest BCUT2D eigenvalue weighted by Gasteiger charge is 2.29. The molecule has 0 fully saturated rings. The highest BCUT2D eigenvalue weighted by Crippen LogP contribution is 2.23.